The number of rotatable bonds is 3. The highest BCUT2D eigenvalue weighted by molar-refractivity contribution is 7.09. The monoisotopic (exact) mass is 343 g/mol. The van der Waals surface area contributed by atoms with Gasteiger partial charge in [-0.05, 0) is 13.0 Å². The molecular weight excluding hydrogens is 327 g/mol. The second kappa shape index (κ2) is 6.40. The number of hydrogen-bond acceptors (Lipinski definition) is 6. The van der Waals surface area contributed by atoms with E-state index in [4.69, 9.17) is 0 Å². The third-order valence-electron chi connectivity index (χ3n) is 3.66. The van der Waals surface area contributed by atoms with Crippen LogP contribution in [0.4, 0.5) is 19.0 Å². The molecular formula is C14H16F3N5S. The predicted octanol–water partition coefficient (Wildman–Crippen LogP) is 2.58. The Morgan fingerprint density at radius 1 is 1.17 bits per heavy atom. The summed E-state index contributed by atoms with van der Waals surface area (Å²) in [6, 6.07) is 1.87. The number of thiazole rings is 1. The molecule has 1 saturated heterocycles. The van der Waals surface area contributed by atoms with Crippen molar-refractivity contribution in [1.82, 2.24) is 19.9 Å². The van der Waals surface area contributed by atoms with Gasteiger partial charge in [-0.3, -0.25) is 4.90 Å². The van der Waals surface area contributed by atoms with Crippen LogP contribution in [0.15, 0.2) is 17.6 Å². The summed E-state index contributed by atoms with van der Waals surface area (Å²) in [4.78, 5) is 16.4. The van der Waals surface area contributed by atoms with Gasteiger partial charge in [0.05, 0.1) is 6.54 Å². The molecule has 5 nitrogen and oxygen atoms in total. The first-order valence-electron chi connectivity index (χ1n) is 7.20. The first kappa shape index (κ1) is 16.1. The average Bonchev–Trinajstić information content (AvgIpc) is 2.97. The molecule has 1 aliphatic heterocycles. The summed E-state index contributed by atoms with van der Waals surface area (Å²) in [6.45, 7) is 5.41. The maximum atomic E-state index is 12.6. The van der Waals surface area contributed by atoms with Gasteiger partial charge in [-0.2, -0.15) is 13.2 Å². The molecule has 3 heterocycles. The van der Waals surface area contributed by atoms with Gasteiger partial charge in [0.2, 0.25) is 0 Å². The molecule has 0 N–H and O–H groups in total. The van der Waals surface area contributed by atoms with Crippen LogP contribution in [0.1, 0.15) is 16.5 Å². The predicted molar refractivity (Wildman–Crippen MR) is 81.4 cm³/mol. The van der Waals surface area contributed by atoms with Crippen LogP contribution in [-0.2, 0) is 12.7 Å². The maximum Gasteiger partial charge on any atom is 0.434 e. The van der Waals surface area contributed by atoms with Gasteiger partial charge in [0.25, 0.3) is 0 Å². The van der Waals surface area contributed by atoms with Gasteiger partial charge in [-0.15, -0.1) is 11.3 Å². The van der Waals surface area contributed by atoms with Crippen LogP contribution in [-0.4, -0.2) is 46.0 Å². The van der Waals surface area contributed by atoms with Crippen LogP contribution >= 0.6 is 11.3 Å². The first-order valence-corrected chi connectivity index (χ1v) is 8.08. The van der Waals surface area contributed by atoms with Gasteiger partial charge in [-0.25, -0.2) is 15.0 Å². The molecule has 0 aliphatic carbocycles. The van der Waals surface area contributed by atoms with E-state index >= 15 is 0 Å². The van der Waals surface area contributed by atoms with E-state index < -0.39 is 11.9 Å². The summed E-state index contributed by atoms with van der Waals surface area (Å²) in [7, 11) is 0. The Morgan fingerprint density at radius 3 is 2.52 bits per heavy atom. The van der Waals surface area contributed by atoms with E-state index in [2.05, 4.69) is 24.8 Å². The first-order chi connectivity index (χ1) is 10.9. The largest absolute Gasteiger partial charge is 0.434 e. The van der Waals surface area contributed by atoms with Gasteiger partial charge in [0.1, 0.15) is 16.6 Å². The van der Waals surface area contributed by atoms with Crippen LogP contribution in [0.2, 0.25) is 0 Å². The topological polar surface area (TPSA) is 45.2 Å². The molecule has 2 aromatic rings. The molecule has 0 radical (unpaired) electrons. The highest BCUT2D eigenvalue weighted by Crippen LogP contribution is 2.30. The Kier molecular flexibility index (Phi) is 4.49. The number of piperazine rings is 1. The molecule has 0 amide bonds. The van der Waals surface area contributed by atoms with E-state index in [9.17, 15) is 13.2 Å². The van der Waals surface area contributed by atoms with Crippen molar-refractivity contribution < 1.29 is 13.2 Å². The SMILES string of the molecule is Cc1nccc(N2CCN(Cc3nc(C(F)(F)F)cs3)CC2)n1. The normalized spacial score (nSPS) is 16.8. The van der Waals surface area contributed by atoms with Crippen molar-refractivity contribution in [3.63, 3.8) is 0 Å². The fourth-order valence-electron chi connectivity index (χ4n) is 2.46. The fourth-order valence-corrected chi connectivity index (χ4v) is 3.30. The number of halogens is 3. The highest BCUT2D eigenvalue weighted by atomic mass is 32.1. The van der Waals surface area contributed by atoms with Crippen LogP contribution in [0.5, 0.6) is 0 Å². The standard InChI is InChI=1S/C14H16F3N5S/c1-10-18-3-2-12(19-10)22-6-4-21(5-7-22)8-13-20-11(9-23-13)14(15,16)17/h2-3,9H,4-8H2,1H3. The van der Waals surface area contributed by atoms with Crippen molar-refractivity contribution in [2.45, 2.75) is 19.6 Å². The zero-order valence-corrected chi connectivity index (χ0v) is 13.4. The minimum Gasteiger partial charge on any atom is -0.354 e. The Hall–Kier alpha value is -1.74. The summed E-state index contributed by atoms with van der Waals surface area (Å²) in [6.07, 6.45) is -2.63. The van der Waals surface area contributed by atoms with Gasteiger partial charge in [0, 0.05) is 37.8 Å². The second-order valence-electron chi connectivity index (χ2n) is 5.35. The molecule has 124 valence electrons. The van der Waals surface area contributed by atoms with Crippen LogP contribution in [0, 0.1) is 6.92 Å². The third-order valence-corrected chi connectivity index (χ3v) is 4.49. The molecule has 1 fully saturated rings. The fraction of sp³-hybridized carbons (Fsp3) is 0.500. The number of aromatic nitrogens is 3. The smallest absolute Gasteiger partial charge is 0.354 e. The van der Waals surface area contributed by atoms with Crippen LogP contribution < -0.4 is 4.90 Å². The van der Waals surface area contributed by atoms with E-state index in [0.717, 1.165) is 54.5 Å². The average molecular weight is 343 g/mol. The number of aryl methyl sites for hydroxylation is 1. The van der Waals surface area contributed by atoms with Crippen molar-refractivity contribution >= 4 is 17.2 Å². The molecule has 0 spiro atoms. The summed E-state index contributed by atoms with van der Waals surface area (Å²) in [5, 5.41) is 1.58. The van der Waals surface area contributed by atoms with E-state index in [1.165, 1.54) is 0 Å². The van der Waals surface area contributed by atoms with Crippen molar-refractivity contribution in [3.8, 4) is 0 Å². The number of hydrogen-bond donors (Lipinski definition) is 0. The van der Waals surface area contributed by atoms with Crippen LogP contribution in [0.25, 0.3) is 0 Å². The van der Waals surface area contributed by atoms with E-state index in [1.807, 2.05) is 13.0 Å². The molecule has 0 unspecified atom stereocenters. The Morgan fingerprint density at radius 2 is 1.91 bits per heavy atom. The quantitative estimate of drug-likeness (QED) is 0.857. The molecule has 9 heteroatoms. The van der Waals surface area contributed by atoms with Crippen molar-refractivity contribution in [1.29, 1.82) is 0 Å². The lowest BCUT2D eigenvalue weighted by molar-refractivity contribution is -0.140. The molecule has 2 aromatic heterocycles. The minimum atomic E-state index is -4.36. The van der Waals surface area contributed by atoms with Gasteiger partial charge >= 0.3 is 6.18 Å². The molecule has 0 saturated carbocycles. The van der Waals surface area contributed by atoms with Gasteiger partial charge in [-0.1, -0.05) is 0 Å². The summed E-state index contributed by atoms with van der Waals surface area (Å²) < 4.78 is 37.7. The Balaban J connectivity index is 1.56. The van der Waals surface area contributed by atoms with E-state index in [-0.39, 0.29) is 0 Å². The third kappa shape index (κ3) is 3.97. The van der Waals surface area contributed by atoms with Crippen molar-refractivity contribution in [2.24, 2.45) is 0 Å². The van der Waals surface area contributed by atoms with E-state index in [1.54, 1.807) is 6.20 Å². The Labute approximate surface area is 135 Å². The molecule has 0 atom stereocenters. The highest BCUT2D eigenvalue weighted by Gasteiger charge is 2.33. The van der Waals surface area contributed by atoms with Crippen molar-refractivity contribution in [2.75, 3.05) is 31.1 Å². The lowest BCUT2D eigenvalue weighted by Gasteiger charge is -2.34. The maximum absolute atomic E-state index is 12.6. The summed E-state index contributed by atoms with van der Waals surface area (Å²) in [5.41, 5.74) is -0.799. The molecule has 0 aromatic carbocycles. The second-order valence-corrected chi connectivity index (χ2v) is 6.29. The number of nitrogens with zero attached hydrogens (tertiary/aromatic N) is 5. The Bertz CT molecular complexity index is 664. The number of alkyl halides is 3. The van der Waals surface area contributed by atoms with Crippen LogP contribution in [0.3, 0.4) is 0 Å². The molecule has 23 heavy (non-hydrogen) atoms. The van der Waals surface area contributed by atoms with Crippen molar-refractivity contribution in [3.05, 3.63) is 34.2 Å². The zero-order chi connectivity index (χ0) is 16.4. The van der Waals surface area contributed by atoms with Gasteiger partial charge < -0.3 is 4.90 Å². The van der Waals surface area contributed by atoms with Gasteiger partial charge in [0.15, 0.2) is 5.69 Å². The zero-order valence-electron chi connectivity index (χ0n) is 12.5. The van der Waals surface area contributed by atoms with E-state index in [0.29, 0.717) is 11.6 Å². The number of anilines is 1. The molecule has 0 bridgehead atoms. The summed E-state index contributed by atoms with van der Waals surface area (Å²) >= 11 is 1.06. The molecule has 1 aliphatic rings. The summed E-state index contributed by atoms with van der Waals surface area (Å²) in [5.74, 6) is 1.62. The lowest BCUT2D eigenvalue weighted by Crippen LogP contribution is -2.46. The minimum absolute atomic E-state index is 0.456. The molecule has 3 rings (SSSR count). The lowest BCUT2D eigenvalue weighted by atomic mass is 10.3.